The molecule has 0 radical (unpaired) electrons. The van der Waals surface area contributed by atoms with Crippen molar-refractivity contribution >= 4 is 17.6 Å². The second kappa shape index (κ2) is 7.70. The Morgan fingerprint density at radius 1 is 1.21 bits per heavy atom. The van der Waals surface area contributed by atoms with Gasteiger partial charge < -0.3 is 20.4 Å². The molecule has 1 heterocycles. The maximum absolute atomic E-state index is 12.9. The normalized spacial score (nSPS) is 17.7. The minimum Gasteiger partial charge on any atom is -0.466 e. The first-order chi connectivity index (χ1) is 13.1. The molecule has 0 spiro atoms. The molecule has 0 fully saturated rings. The van der Waals surface area contributed by atoms with Gasteiger partial charge in [-0.1, -0.05) is 19.9 Å². The van der Waals surface area contributed by atoms with Crippen LogP contribution in [0.25, 0.3) is 0 Å². The van der Waals surface area contributed by atoms with Crippen LogP contribution in [0.3, 0.4) is 0 Å². The van der Waals surface area contributed by atoms with Crippen molar-refractivity contribution in [1.29, 1.82) is 0 Å². The smallest absolute Gasteiger partial charge is 0.319 e. The first kappa shape index (κ1) is 20.0. The van der Waals surface area contributed by atoms with Gasteiger partial charge in [0.1, 0.15) is 11.5 Å². The van der Waals surface area contributed by atoms with Gasteiger partial charge >= 0.3 is 6.03 Å². The minimum atomic E-state index is -0.292. The van der Waals surface area contributed by atoms with Crippen LogP contribution in [0.2, 0.25) is 0 Å². The van der Waals surface area contributed by atoms with Gasteiger partial charge in [0, 0.05) is 29.3 Å². The summed E-state index contributed by atoms with van der Waals surface area (Å²) in [6.45, 7) is 10.1. The molecule has 0 aliphatic heterocycles. The van der Waals surface area contributed by atoms with E-state index < -0.39 is 0 Å². The summed E-state index contributed by atoms with van der Waals surface area (Å²) in [4.78, 5) is 24.8. The fourth-order valence-corrected chi connectivity index (χ4v) is 3.72. The first-order valence-corrected chi connectivity index (χ1v) is 9.70. The molecule has 28 heavy (non-hydrogen) atoms. The van der Waals surface area contributed by atoms with E-state index in [2.05, 4.69) is 29.8 Å². The third-order valence-electron chi connectivity index (χ3n) is 4.84. The summed E-state index contributed by atoms with van der Waals surface area (Å²) in [5.41, 5.74) is 2.20. The minimum absolute atomic E-state index is 0.0359. The number of anilines is 1. The second-order valence-corrected chi connectivity index (χ2v) is 8.64. The molecule has 2 aromatic rings. The molecular weight excluding hydrogens is 354 g/mol. The summed E-state index contributed by atoms with van der Waals surface area (Å²) >= 11 is 0. The number of fused-ring (bicyclic) bond motifs is 1. The van der Waals surface area contributed by atoms with Crippen LogP contribution in [-0.2, 0) is 6.42 Å². The maximum atomic E-state index is 12.9. The standard InChI is InChI=1S/C22H29N3O3/c1-13(2)23-21(27)24-16-8-6-7-15(10-16)20(26)25-18-11-22(4,5)12-19-17(18)9-14(3)28-19/h6-10,13,18H,11-12H2,1-5H3,(H,25,26)(H2,23,24,27). The van der Waals surface area contributed by atoms with Crippen molar-refractivity contribution in [2.24, 2.45) is 5.41 Å². The molecule has 3 amide bonds. The summed E-state index contributed by atoms with van der Waals surface area (Å²) < 4.78 is 5.85. The zero-order chi connectivity index (χ0) is 20.5. The van der Waals surface area contributed by atoms with Gasteiger partial charge in [-0.3, -0.25) is 4.79 Å². The molecule has 3 N–H and O–H groups in total. The van der Waals surface area contributed by atoms with E-state index in [-0.39, 0.29) is 29.4 Å². The zero-order valence-electron chi connectivity index (χ0n) is 17.2. The molecule has 1 unspecified atom stereocenters. The molecule has 6 heteroatoms. The SMILES string of the molecule is Cc1cc2c(o1)CC(C)(C)CC2NC(=O)c1cccc(NC(=O)NC(C)C)c1. The molecular formula is C22H29N3O3. The number of nitrogens with one attached hydrogen (secondary N) is 3. The lowest BCUT2D eigenvalue weighted by molar-refractivity contribution is 0.0917. The van der Waals surface area contributed by atoms with Crippen LogP contribution in [0, 0.1) is 12.3 Å². The van der Waals surface area contributed by atoms with Gasteiger partial charge in [0.2, 0.25) is 0 Å². The Morgan fingerprint density at radius 3 is 2.68 bits per heavy atom. The monoisotopic (exact) mass is 383 g/mol. The van der Waals surface area contributed by atoms with Gasteiger partial charge in [-0.25, -0.2) is 4.79 Å². The highest BCUT2D eigenvalue weighted by Gasteiger charge is 2.35. The number of carbonyl (C=O) groups is 2. The lowest BCUT2D eigenvalue weighted by atomic mass is 9.74. The highest BCUT2D eigenvalue weighted by molar-refractivity contribution is 5.97. The molecule has 1 atom stereocenters. The first-order valence-electron chi connectivity index (χ1n) is 9.70. The summed E-state index contributed by atoms with van der Waals surface area (Å²) in [5.74, 6) is 1.66. The zero-order valence-corrected chi connectivity index (χ0v) is 17.2. The van der Waals surface area contributed by atoms with Crippen LogP contribution in [0.1, 0.15) is 67.6 Å². The molecule has 1 aliphatic rings. The fourth-order valence-electron chi connectivity index (χ4n) is 3.72. The van der Waals surface area contributed by atoms with Crippen LogP contribution < -0.4 is 16.0 Å². The van der Waals surface area contributed by atoms with Crippen molar-refractivity contribution in [3.8, 4) is 0 Å². The van der Waals surface area contributed by atoms with Gasteiger partial charge in [-0.2, -0.15) is 0 Å². The molecule has 3 rings (SSSR count). The molecule has 0 saturated carbocycles. The number of urea groups is 1. The Labute approximate surface area is 166 Å². The van der Waals surface area contributed by atoms with Gasteiger partial charge in [0.15, 0.2) is 0 Å². The number of furan rings is 1. The highest BCUT2D eigenvalue weighted by atomic mass is 16.3. The predicted molar refractivity (Wildman–Crippen MR) is 109 cm³/mol. The largest absolute Gasteiger partial charge is 0.466 e. The van der Waals surface area contributed by atoms with Crippen molar-refractivity contribution < 1.29 is 14.0 Å². The lowest BCUT2D eigenvalue weighted by Gasteiger charge is -2.34. The van der Waals surface area contributed by atoms with Gasteiger partial charge in [0.25, 0.3) is 5.91 Å². The number of benzene rings is 1. The predicted octanol–water partition coefficient (Wildman–Crippen LogP) is 4.56. The summed E-state index contributed by atoms with van der Waals surface area (Å²) in [6.07, 6.45) is 1.71. The van der Waals surface area contributed by atoms with E-state index in [9.17, 15) is 9.59 Å². The summed E-state index contributed by atoms with van der Waals surface area (Å²) in [5, 5.41) is 8.67. The number of amides is 3. The van der Waals surface area contributed by atoms with Crippen LogP contribution >= 0.6 is 0 Å². The molecule has 1 aromatic heterocycles. The highest BCUT2D eigenvalue weighted by Crippen LogP contribution is 2.42. The molecule has 150 valence electrons. The molecule has 6 nitrogen and oxygen atoms in total. The van der Waals surface area contributed by atoms with E-state index in [1.165, 1.54) is 0 Å². The van der Waals surface area contributed by atoms with Crippen molar-refractivity contribution in [3.63, 3.8) is 0 Å². The Morgan fingerprint density at radius 2 is 1.96 bits per heavy atom. The van der Waals surface area contributed by atoms with Gasteiger partial charge in [-0.05, 0) is 56.9 Å². The molecule has 0 bridgehead atoms. The Bertz CT molecular complexity index is 883. The van der Waals surface area contributed by atoms with Crippen LogP contribution in [0.5, 0.6) is 0 Å². The van der Waals surface area contributed by atoms with Crippen molar-refractivity contribution in [2.75, 3.05) is 5.32 Å². The van der Waals surface area contributed by atoms with E-state index in [1.807, 2.05) is 26.8 Å². The summed E-state index contributed by atoms with van der Waals surface area (Å²) in [7, 11) is 0. The van der Waals surface area contributed by atoms with E-state index in [0.717, 1.165) is 29.9 Å². The van der Waals surface area contributed by atoms with Gasteiger partial charge in [0.05, 0.1) is 6.04 Å². The molecule has 1 aliphatic carbocycles. The second-order valence-electron chi connectivity index (χ2n) is 8.64. The van der Waals surface area contributed by atoms with E-state index in [1.54, 1.807) is 24.3 Å². The number of carbonyl (C=O) groups excluding carboxylic acids is 2. The van der Waals surface area contributed by atoms with Crippen molar-refractivity contribution in [2.45, 2.75) is 59.5 Å². The number of aryl methyl sites for hydroxylation is 1. The lowest BCUT2D eigenvalue weighted by Crippen LogP contribution is -2.36. The number of rotatable bonds is 4. The fraction of sp³-hybridized carbons (Fsp3) is 0.455. The number of hydrogen-bond acceptors (Lipinski definition) is 3. The van der Waals surface area contributed by atoms with E-state index in [4.69, 9.17) is 4.42 Å². The summed E-state index contributed by atoms with van der Waals surface area (Å²) in [6, 6.07) is 8.62. The topological polar surface area (TPSA) is 83.4 Å². The van der Waals surface area contributed by atoms with E-state index in [0.29, 0.717) is 11.3 Å². The molecule has 0 saturated heterocycles. The van der Waals surface area contributed by atoms with Crippen LogP contribution in [0.15, 0.2) is 34.7 Å². The third kappa shape index (κ3) is 4.74. The van der Waals surface area contributed by atoms with Crippen molar-refractivity contribution in [3.05, 3.63) is 53.0 Å². The van der Waals surface area contributed by atoms with Gasteiger partial charge in [-0.15, -0.1) is 0 Å². The Balaban J connectivity index is 1.74. The van der Waals surface area contributed by atoms with Crippen LogP contribution in [-0.4, -0.2) is 18.0 Å². The maximum Gasteiger partial charge on any atom is 0.319 e. The number of hydrogen-bond donors (Lipinski definition) is 3. The van der Waals surface area contributed by atoms with Crippen molar-refractivity contribution in [1.82, 2.24) is 10.6 Å². The van der Waals surface area contributed by atoms with E-state index >= 15 is 0 Å². The third-order valence-corrected chi connectivity index (χ3v) is 4.84. The Kier molecular flexibility index (Phi) is 5.49. The molecule has 1 aromatic carbocycles. The average Bonchev–Trinajstić information content (AvgIpc) is 2.93. The quantitative estimate of drug-likeness (QED) is 0.724. The Hall–Kier alpha value is -2.76. The van der Waals surface area contributed by atoms with Crippen LogP contribution in [0.4, 0.5) is 10.5 Å². The average molecular weight is 383 g/mol.